The molecule has 0 aliphatic rings. The molecule has 0 fully saturated rings. The second-order valence-corrected chi connectivity index (χ2v) is 8.67. The maximum Gasteiger partial charge on any atom is 0.341 e. The Morgan fingerprint density at radius 1 is 1.29 bits per heavy atom. The van der Waals surface area contributed by atoms with E-state index in [1.165, 1.54) is 7.11 Å². The van der Waals surface area contributed by atoms with Crippen LogP contribution in [0.2, 0.25) is 5.02 Å². The molecule has 12 heteroatoms. The summed E-state index contributed by atoms with van der Waals surface area (Å²) in [7, 11) is 2.99. The van der Waals surface area contributed by atoms with Crippen LogP contribution in [0.25, 0.3) is 11.4 Å². The number of methoxy groups -OCH3 is 1. The van der Waals surface area contributed by atoms with Gasteiger partial charge in [0.05, 0.1) is 28.3 Å². The van der Waals surface area contributed by atoms with Crippen LogP contribution in [-0.4, -0.2) is 45.4 Å². The average Bonchev–Trinajstić information content (AvgIpc) is 3.26. The number of ether oxygens (including phenoxy) is 1. The molecule has 0 aliphatic heterocycles. The van der Waals surface area contributed by atoms with Crippen molar-refractivity contribution >= 4 is 57.5 Å². The summed E-state index contributed by atoms with van der Waals surface area (Å²) in [5.41, 5.74) is 6.56. The topological polar surface area (TPSA) is 129 Å². The van der Waals surface area contributed by atoms with Gasteiger partial charge in [-0.05, 0) is 24.6 Å². The second-order valence-electron chi connectivity index (χ2n) is 6.30. The summed E-state index contributed by atoms with van der Waals surface area (Å²) in [5, 5.41) is 12.2. The van der Waals surface area contributed by atoms with Crippen molar-refractivity contribution in [2.24, 2.45) is 12.8 Å². The minimum atomic E-state index is -0.686. The lowest BCUT2D eigenvalue weighted by atomic mass is 10.1. The molecule has 162 valence electrons. The first-order valence-electron chi connectivity index (χ1n) is 8.83. The van der Waals surface area contributed by atoms with Crippen molar-refractivity contribution in [3.8, 4) is 11.4 Å². The molecule has 0 atom stereocenters. The summed E-state index contributed by atoms with van der Waals surface area (Å²) < 4.78 is 6.49. The summed E-state index contributed by atoms with van der Waals surface area (Å²) >= 11 is 8.32. The molecular weight excluding hydrogens is 462 g/mol. The summed E-state index contributed by atoms with van der Waals surface area (Å²) in [4.78, 5) is 36.4. The van der Waals surface area contributed by atoms with E-state index in [9.17, 15) is 14.4 Å². The Morgan fingerprint density at radius 2 is 2.00 bits per heavy atom. The van der Waals surface area contributed by atoms with E-state index in [0.29, 0.717) is 21.6 Å². The molecule has 2 heterocycles. The number of hydrogen-bond donors (Lipinski definition) is 2. The number of aromatic nitrogens is 3. The maximum absolute atomic E-state index is 12.5. The molecule has 9 nitrogen and oxygen atoms in total. The van der Waals surface area contributed by atoms with Crippen molar-refractivity contribution in [2.75, 3.05) is 18.2 Å². The van der Waals surface area contributed by atoms with Crippen LogP contribution in [0.4, 0.5) is 5.00 Å². The maximum atomic E-state index is 12.5. The highest BCUT2D eigenvalue weighted by atomic mass is 35.5. The smallest absolute Gasteiger partial charge is 0.341 e. The fourth-order valence-corrected chi connectivity index (χ4v) is 4.79. The van der Waals surface area contributed by atoms with Crippen molar-refractivity contribution in [1.82, 2.24) is 14.8 Å². The zero-order valence-electron chi connectivity index (χ0n) is 16.8. The molecule has 0 saturated carbocycles. The molecule has 31 heavy (non-hydrogen) atoms. The van der Waals surface area contributed by atoms with Gasteiger partial charge < -0.3 is 20.4 Å². The molecule has 0 bridgehead atoms. The number of nitrogens with zero attached hydrogens (tertiary/aromatic N) is 3. The van der Waals surface area contributed by atoms with E-state index in [1.54, 1.807) is 24.6 Å². The van der Waals surface area contributed by atoms with Crippen LogP contribution >= 0.6 is 34.7 Å². The summed E-state index contributed by atoms with van der Waals surface area (Å²) in [6.45, 7) is 1.57. The van der Waals surface area contributed by atoms with Crippen LogP contribution in [0.5, 0.6) is 0 Å². The zero-order valence-corrected chi connectivity index (χ0v) is 19.2. The third-order valence-corrected chi connectivity index (χ3v) is 6.87. The lowest BCUT2D eigenvalue weighted by Crippen LogP contribution is -2.16. The molecule has 0 unspecified atom stereocenters. The van der Waals surface area contributed by atoms with Crippen LogP contribution in [0, 0.1) is 6.92 Å². The average molecular weight is 480 g/mol. The Labute approximate surface area is 190 Å². The van der Waals surface area contributed by atoms with Crippen molar-refractivity contribution in [3.05, 3.63) is 45.3 Å². The third kappa shape index (κ3) is 4.73. The predicted octanol–water partition coefficient (Wildman–Crippen LogP) is 3.12. The highest BCUT2D eigenvalue weighted by Crippen LogP contribution is 2.34. The largest absolute Gasteiger partial charge is 0.465 e. The van der Waals surface area contributed by atoms with Crippen LogP contribution in [0.15, 0.2) is 29.4 Å². The monoisotopic (exact) mass is 479 g/mol. The first-order valence-corrected chi connectivity index (χ1v) is 11.0. The molecule has 0 spiro atoms. The lowest BCUT2D eigenvalue weighted by molar-refractivity contribution is -0.113. The number of thioether (sulfide) groups is 1. The number of rotatable bonds is 7. The van der Waals surface area contributed by atoms with Crippen molar-refractivity contribution in [1.29, 1.82) is 0 Å². The Morgan fingerprint density at radius 3 is 2.65 bits per heavy atom. The van der Waals surface area contributed by atoms with E-state index >= 15 is 0 Å². The van der Waals surface area contributed by atoms with Gasteiger partial charge in [0.25, 0.3) is 5.91 Å². The first kappa shape index (κ1) is 22.8. The fourth-order valence-electron chi connectivity index (χ4n) is 2.79. The quantitative estimate of drug-likeness (QED) is 0.393. The van der Waals surface area contributed by atoms with Gasteiger partial charge in [-0.2, -0.15) is 0 Å². The molecular formula is C19H18ClN5O4S2. The number of amides is 2. The van der Waals surface area contributed by atoms with Crippen LogP contribution in [0.1, 0.15) is 25.6 Å². The highest BCUT2D eigenvalue weighted by molar-refractivity contribution is 7.99. The van der Waals surface area contributed by atoms with E-state index in [1.807, 2.05) is 18.2 Å². The molecule has 3 N–H and O–H groups in total. The molecule has 3 aromatic rings. The standard InChI is InChI=1S/C19H18ClN5O4S2/c1-9-13(18(28)29-3)17(31-14(9)15(21)27)22-12(26)8-30-19-24-23-16(25(19)2)10-6-4-5-7-11(10)20/h4-7H,8H2,1-3H3,(H2,21,27)(H,22,26). The van der Waals surface area contributed by atoms with Crippen LogP contribution < -0.4 is 11.1 Å². The van der Waals surface area contributed by atoms with Crippen molar-refractivity contribution in [2.45, 2.75) is 12.1 Å². The molecule has 3 rings (SSSR count). The number of benzene rings is 1. The minimum absolute atomic E-state index is 0.00202. The van der Waals surface area contributed by atoms with Gasteiger partial charge in [-0.1, -0.05) is 35.5 Å². The Kier molecular flexibility index (Phi) is 6.98. The Bertz CT molecular complexity index is 1170. The molecule has 2 aromatic heterocycles. The number of carbonyl (C=O) groups excluding carboxylic acids is 3. The van der Waals surface area contributed by atoms with Gasteiger partial charge in [0, 0.05) is 12.6 Å². The minimum Gasteiger partial charge on any atom is -0.465 e. The number of anilines is 1. The van der Waals surface area contributed by atoms with E-state index in [2.05, 4.69) is 15.5 Å². The molecule has 2 amide bonds. The predicted molar refractivity (Wildman–Crippen MR) is 120 cm³/mol. The molecule has 1 aromatic carbocycles. The van der Waals surface area contributed by atoms with Crippen molar-refractivity contribution < 1.29 is 19.1 Å². The second kappa shape index (κ2) is 9.50. The SMILES string of the molecule is COC(=O)c1c(NC(=O)CSc2nnc(-c3ccccc3Cl)n2C)sc(C(N)=O)c1C. The lowest BCUT2D eigenvalue weighted by Gasteiger charge is -2.07. The number of carbonyl (C=O) groups is 3. The Balaban J connectivity index is 1.75. The number of thiophene rings is 1. The van der Waals surface area contributed by atoms with Gasteiger partial charge in [0.1, 0.15) is 5.00 Å². The van der Waals surface area contributed by atoms with Gasteiger partial charge in [-0.15, -0.1) is 21.5 Å². The number of halogens is 1. The number of primary amides is 1. The van der Waals surface area contributed by atoms with E-state index in [4.69, 9.17) is 22.1 Å². The van der Waals surface area contributed by atoms with Gasteiger partial charge in [0.2, 0.25) is 5.91 Å². The van der Waals surface area contributed by atoms with Crippen molar-refractivity contribution in [3.63, 3.8) is 0 Å². The molecule has 0 saturated heterocycles. The highest BCUT2D eigenvalue weighted by Gasteiger charge is 2.25. The Hall–Kier alpha value is -2.89. The van der Waals surface area contributed by atoms with Crippen LogP contribution in [0.3, 0.4) is 0 Å². The molecule has 0 aliphatic carbocycles. The van der Waals surface area contributed by atoms with Gasteiger partial charge in [-0.3, -0.25) is 9.59 Å². The first-order chi connectivity index (χ1) is 14.7. The molecule has 0 radical (unpaired) electrons. The normalized spacial score (nSPS) is 10.7. The van der Waals surface area contributed by atoms with Gasteiger partial charge in [0.15, 0.2) is 11.0 Å². The van der Waals surface area contributed by atoms with Gasteiger partial charge >= 0.3 is 5.97 Å². The number of hydrogen-bond acceptors (Lipinski definition) is 8. The van der Waals surface area contributed by atoms with Gasteiger partial charge in [-0.25, -0.2) is 4.79 Å². The fraction of sp³-hybridized carbons (Fsp3) is 0.211. The summed E-state index contributed by atoms with van der Waals surface area (Å²) in [6.07, 6.45) is 0. The van der Waals surface area contributed by atoms with Crippen LogP contribution in [-0.2, 0) is 16.6 Å². The summed E-state index contributed by atoms with van der Waals surface area (Å²) in [6, 6.07) is 7.25. The number of nitrogens with one attached hydrogen (secondary N) is 1. The number of nitrogens with two attached hydrogens (primary N) is 1. The van der Waals surface area contributed by atoms with E-state index in [-0.39, 0.29) is 21.2 Å². The van der Waals surface area contributed by atoms with E-state index in [0.717, 1.165) is 28.7 Å². The number of esters is 1. The third-order valence-electron chi connectivity index (χ3n) is 4.30. The zero-order chi connectivity index (χ0) is 22.7. The summed E-state index contributed by atoms with van der Waals surface area (Å²) in [5.74, 6) is -1.18. The van der Waals surface area contributed by atoms with E-state index < -0.39 is 17.8 Å².